The number of carbonyl (C=O) groups is 2. The second kappa shape index (κ2) is 8.18. The lowest BCUT2D eigenvalue weighted by atomic mass is 9.75. The van der Waals surface area contributed by atoms with Gasteiger partial charge in [-0.15, -0.1) is 0 Å². The molecule has 1 fully saturated rings. The van der Waals surface area contributed by atoms with Gasteiger partial charge >= 0.3 is 5.97 Å². The van der Waals surface area contributed by atoms with Gasteiger partial charge in [-0.05, 0) is 43.7 Å². The van der Waals surface area contributed by atoms with E-state index in [1.165, 1.54) is 19.2 Å². The SMILES string of the molecule is CCC1CCC(NC(=O)CN(C)S(=O)(=O)c2ccccc2)(C(=O)O)CC1. The topological polar surface area (TPSA) is 104 Å². The summed E-state index contributed by atoms with van der Waals surface area (Å²) in [7, 11) is -2.49. The zero-order chi connectivity index (χ0) is 19.4. The molecule has 1 amide bonds. The number of carboxylic acids is 1. The molecule has 0 spiro atoms. The Morgan fingerprint density at radius 1 is 1.23 bits per heavy atom. The van der Waals surface area contributed by atoms with Crippen LogP contribution < -0.4 is 5.32 Å². The standard InChI is InChI=1S/C18H26N2O5S/c1-3-14-9-11-18(12-10-14,17(22)23)19-16(21)13-20(2)26(24,25)15-7-5-4-6-8-15/h4-8,14H,3,9-13H2,1-2H3,(H,19,21)(H,22,23). The lowest BCUT2D eigenvalue weighted by Gasteiger charge is -2.37. The number of hydrogen-bond donors (Lipinski definition) is 2. The van der Waals surface area contributed by atoms with Crippen molar-refractivity contribution in [2.75, 3.05) is 13.6 Å². The predicted octanol–water partition coefficient (Wildman–Crippen LogP) is 1.85. The molecular formula is C18H26N2O5S. The van der Waals surface area contributed by atoms with Crippen LogP contribution in [0.3, 0.4) is 0 Å². The minimum absolute atomic E-state index is 0.0895. The molecule has 144 valence electrons. The van der Waals surface area contributed by atoms with Crippen LogP contribution in [0.15, 0.2) is 35.2 Å². The quantitative estimate of drug-likeness (QED) is 0.749. The van der Waals surface area contributed by atoms with Gasteiger partial charge in [0, 0.05) is 7.05 Å². The van der Waals surface area contributed by atoms with Gasteiger partial charge in [-0.25, -0.2) is 13.2 Å². The molecule has 0 atom stereocenters. The van der Waals surface area contributed by atoms with Crippen LogP contribution in [-0.4, -0.2) is 48.8 Å². The van der Waals surface area contributed by atoms with Crippen molar-refractivity contribution in [1.82, 2.24) is 9.62 Å². The Bertz CT molecular complexity index is 740. The van der Waals surface area contributed by atoms with Gasteiger partial charge in [-0.3, -0.25) is 4.79 Å². The van der Waals surface area contributed by atoms with Crippen molar-refractivity contribution in [3.8, 4) is 0 Å². The summed E-state index contributed by atoms with van der Waals surface area (Å²) in [6.07, 6.45) is 3.19. The predicted molar refractivity (Wildman–Crippen MR) is 97.0 cm³/mol. The van der Waals surface area contributed by atoms with Crippen molar-refractivity contribution in [3.63, 3.8) is 0 Å². The molecule has 26 heavy (non-hydrogen) atoms. The van der Waals surface area contributed by atoms with E-state index in [1.54, 1.807) is 18.2 Å². The third kappa shape index (κ3) is 4.42. The van der Waals surface area contributed by atoms with E-state index in [0.29, 0.717) is 18.8 Å². The number of likely N-dealkylation sites (N-methyl/N-ethyl adjacent to an activating group) is 1. The fourth-order valence-corrected chi connectivity index (χ4v) is 4.49. The molecule has 0 radical (unpaired) electrons. The van der Waals surface area contributed by atoms with Gasteiger partial charge in [0.15, 0.2) is 0 Å². The molecule has 0 aromatic heterocycles. The summed E-state index contributed by atoms with van der Waals surface area (Å²) in [5, 5.41) is 12.2. The zero-order valence-electron chi connectivity index (χ0n) is 15.1. The van der Waals surface area contributed by atoms with Crippen LogP contribution in [0, 0.1) is 5.92 Å². The largest absolute Gasteiger partial charge is 0.480 e. The number of nitrogens with one attached hydrogen (secondary N) is 1. The van der Waals surface area contributed by atoms with Crippen molar-refractivity contribution in [2.45, 2.75) is 49.5 Å². The highest BCUT2D eigenvalue weighted by Gasteiger charge is 2.43. The highest BCUT2D eigenvalue weighted by Crippen LogP contribution is 2.34. The number of nitrogens with zero attached hydrogens (tertiary/aromatic N) is 1. The van der Waals surface area contributed by atoms with Crippen molar-refractivity contribution in [1.29, 1.82) is 0 Å². The number of sulfonamides is 1. The van der Waals surface area contributed by atoms with Crippen LogP contribution in [0.1, 0.15) is 39.0 Å². The van der Waals surface area contributed by atoms with Crippen molar-refractivity contribution >= 4 is 21.9 Å². The normalized spacial score (nSPS) is 23.6. The second-order valence-electron chi connectivity index (χ2n) is 6.86. The Balaban J connectivity index is 2.06. The Hall–Kier alpha value is -1.93. The van der Waals surface area contributed by atoms with Crippen molar-refractivity contribution < 1.29 is 23.1 Å². The first-order valence-corrected chi connectivity index (χ1v) is 10.2. The van der Waals surface area contributed by atoms with Crippen LogP contribution >= 0.6 is 0 Å². The maximum Gasteiger partial charge on any atom is 0.329 e. The Labute approximate surface area is 154 Å². The van der Waals surface area contributed by atoms with Gasteiger partial charge in [0.25, 0.3) is 0 Å². The molecule has 8 heteroatoms. The number of aliphatic carboxylic acids is 1. The number of amides is 1. The molecule has 1 aromatic rings. The van der Waals surface area contributed by atoms with E-state index in [1.807, 2.05) is 0 Å². The van der Waals surface area contributed by atoms with E-state index in [0.717, 1.165) is 23.6 Å². The maximum atomic E-state index is 12.5. The lowest BCUT2D eigenvalue weighted by molar-refractivity contribution is -0.149. The fraction of sp³-hybridized carbons (Fsp3) is 0.556. The van der Waals surface area contributed by atoms with Gasteiger partial charge in [0.2, 0.25) is 15.9 Å². The average Bonchev–Trinajstić information content (AvgIpc) is 2.62. The Kier molecular flexibility index (Phi) is 6.41. The number of benzene rings is 1. The van der Waals surface area contributed by atoms with Crippen LogP contribution in [0.25, 0.3) is 0 Å². The Morgan fingerprint density at radius 3 is 2.31 bits per heavy atom. The lowest BCUT2D eigenvalue weighted by Crippen LogP contribution is -2.58. The number of rotatable bonds is 7. The first kappa shape index (κ1) is 20.4. The van der Waals surface area contributed by atoms with Gasteiger partial charge in [-0.2, -0.15) is 4.31 Å². The molecule has 1 aliphatic carbocycles. The fourth-order valence-electron chi connectivity index (χ4n) is 3.34. The molecule has 0 aliphatic heterocycles. The van der Waals surface area contributed by atoms with E-state index in [4.69, 9.17) is 0 Å². The first-order valence-electron chi connectivity index (χ1n) is 8.77. The second-order valence-corrected chi connectivity index (χ2v) is 8.91. The number of hydrogen-bond acceptors (Lipinski definition) is 4. The third-order valence-corrected chi connectivity index (χ3v) is 6.96. The van der Waals surface area contributed by atoms with Crippen LogP contribution in [-0.2, 0) is 19.6 Å². The number of carboxylic acid groups (broad SMARTS) is 1. The summed E-state index contributed by atoms with van der Waals surface area (Å²) in [6.45, 7) is 1.64. The molecule has 0 heterocycles. The van der Waals surface area contributed by atoms with Crippen LogP contribution in [0.2, 0.25) is 0 Å². The van der Waals surface area contributed by atoms with E-state index in [9.17, 15) is 23.1 Å². The molecule has 1 saturated carbocycles. The van der Waals surface area contributed by atoms with Crippen LogP contribution in [0.5, 0.6) is 0 Å². The van der Waals surface area contributed by atoms with E-state index >= 15 is 0 Å². The summed E-state index contributed by atoms with van der Waals surface area (Å²) < 4.78 is 25.9. The van der Waals surface area contributed by atoms with Gasteiger partial charge in [0.1, 0.15) is 5.54 Å². The summed E-state index contributed by atoms with van der Waals surface area (Å²) in [4.78, 5) is 24.2. The van der Waals surface area contributed by atoms with Gasteiger partial charge in [0.05, 0.1) is 11.4 Å². The van der Waals surface area contributed by atoms with Gasteiger partial charge < -0.3 is 10.4 Å². The van der Waals surface area contributed by atoms with E-state index < -0.39 is 34.0 Å². The summed E-state index contributed by atoms with van der Waals surface area (Å²) in [6, 6.07) is 7.82. The minimum atomic E-state index is -3.80. The minimum Gasteiger partial charge on any atom is -0.480 e. The number of carbonyl (C=O) groups excluding carboxylic acids is 1. The van der Waals surface area contributed by atoms with E-state index in [2.05, 4.69) is 12.2 Å². The highest BCUT2D eigenvalue weighted by molar-refractivity contribution is 7.89. The smallest absolute Gasteiger partial charge is 0.329 e. The average molecular weight is 382 g/mol. The molecule has 7 nitrogen and oxygen atoms in total. The van der Waals surface area contributed by atoms with Crippen LogP contribution in [0.4, 0.5) is 0 Å². The summed E-state index contributed by atoms with van der Waals surface area (Å²) >= 11 is 0. The molecule has 0 bridgehead atoms. The molecule has 2 rings (SSSR count). The zero-order valence-corrected chi connectivity index (χ0v) is 16.0. The van der Waals surface area contributed by atoms with Gasteiger partial charge in [-0.1, -0.05) is 31.5 Å². The maximum absolute atomic E-state index is 12.5. The summed E-state index contributed by atoms with van der Waals surface area (Å²) in [5.74, 6) is -1.20. The first-order chi connectivity index (χ1) is 12.2. The third-order valence-electron chi connectivity index (χ3n) is 5.14. The monoisotopic (exact) mass is 382 g/mol. The molecule has 1 aromatic carbocycles. The molecule has 0 unspecified atom stereocenters. The molecule has 1 aliphatic rings. The molecule has 2 N–H and O–H groups in total. The van der Waals surface area contributed by atoms with Crippen molar-refractivity contribution in [2.24, 2.45) is 5.92 Å². The molecule has 0 saturated heterocycles. The van der Waals surface area contributed by atoms with E-state index in [-0.39, 0.29) is 4.90 Å². The molecular weight excluding hydrogens is 356 g/mol. The highest BCUT2D eigenvalue weighted by atomic mass is 32.2. The van der Waals surface area contributed by atoms with Crippen molar-refractivity contribution in [3.05, 3.63) is 30.3 Å². The Morgan fingerprint density at radius 2 is 1.81 bits per heavy atom. The summed E-state index contributed by atoms with van der Waals surface area (Å²) in [5.41, 5.74) is -1.31.